The van der Waals surface area contributed by atoms with Gasteiger partial charge in [-0.3, -0.25) is 0 Å². The van der Waals surface area contributed by atoms with Gasteiger partial charge in [0.25, 0.3) is 0 Å². The SMILES string of the molecule is COC([SiH3])(CCCC1=CC=CC1)OC. The molecule has 80 valence electrons. The average molecular weight is 212 g/mol. The third-order valence-corrected chi connectivity index (χ3v) is 4.16. The smallest absolute Gasteiger partial charge is 0.140 e. The van der Waals surface area contributed by atoms with Gasteiger partial charge in [-0.05, 0) is 25.7 Å². The monoisotopic (exact) mass is 212 g/mol. The van der Waals surface area contributed by atoms with Gasteiger partial charge >= 0.3 is 0 Å². The van der Waals surface area contributed by atoms with Crippen molar-refractivity contribution in [3.8, 4) is 0 Å². The van der Waals surface area contributed by atoms with Crippen LogP contribution in [0.15, 0.2) is 23.8 Å². The Labute approximate surface area is 89.4 Å². The van der Waals surface area contributed by atoms with E-state index in [0.29, 0.717) is 0 Å². The number of ether oxygens (including phenoxy) is 2. The van der Waals surface area contributed by atoms with Crippen LogP contribution in [0.5, 0.6) is 0 Å². The van der Waals surface area contributed by atoms with Gasteiger partial charge in [-0.25, -0.2) is 0 Å². The zero-order valence-corrected chi connectivity index (χ0v) is 11.4. The van der Waals surface area contributed by atoms with Crippen LogP contribution in [0.3, 0.4) is 0 Å². The van der Waals surface area contributed by atoms with Crippen molar-refractivity contribution in [1.82, 2.24) is 0 Å². The van der Waals surface area contributed by atoms with Gasteiger partial charge in [0, 0.05) is 14.2 Å². The van der Waals surface area contributed by atoms with Crippen molar-refractivity contribution < 1.29 is 9.47 Å². The van der Waals surface area contributed by atoms with Crippen LogP contribution in [0, 0.1) is 0 Å². The van der Waals surface area contributed by atoms with Gasteiger partial charge in [0.1, 0.15) is 5.41 Å². The van der Waals surface area contributed by atoms with Crippen LogP contribution in [0.1, 0.15) is 25.7 Å². The minimum absolute atomic E-state index is 0.271. The number of hydrogen-bond donors (Lipinski definition) is 0. The molecular weight excluding hydrogens is 192 g/mol. The summed E-state index contributed by atoms with van der Waals surface area (Å²) in [5.74, 6) is 0. The summed E-state index contributed by atoms with van der Waals surface area (Å²) < 4.78 is 10.7. The first-order valence-corrected chi connectivity index (χ1v) is 6.15. The van der Waals surface area contributed by atoms with E-state index in [0.717, 1.165) is 29.5 Å². The molecule has 0 aliphatic heterocycles. The van der Waals surface area contributed by atoms with E-state index in [1.54, 1.807) is 14.2 Å². The summed E-state index contributed by atoms with van der Waals surface area (Å²) in [6.45, 7) is 0. The average Bonchev–Trinajstić information content (AvgIpc) is 2.70. The minimum Gasteiger partial charge on any atom is -0.358 e. The summed E-state index contributed by atoms with van der Waals surface area (Å²) in [6.07, 6.45) is 11.0. The number of methoxy groups -OCH3 is 2. The van der Waals surface area contributed by atoms with E-state index in [1.165, 1.54) is 12.0 Å². The lowest BCUT2D eigenvalue weighted by atomic mass is 10.1. The lowest BCUT2D eigenvalue weighted by Crippen LogP contribution is -2.33. The Kier molecular flexibility index (Phi) is 4.58. The number of allylic oxidation sites excluding steroid dienone is 4. The first-order chi connectivity index (χ1) is 6.70. The van der Waals surface area contributed by atoms with Crippen LogP contribution in [-0.2, 0) is 9.47 Å². The summed E-state index contributed by atoms with van der Waals surface area (Å²) in [6, 6.07) is 0. The van der Waals surface area contributed by atoms with Crippen molar-refractivity contribution in [3.05, 3.63) is 23.8 Å². The fraction of sp³-hybridized carbons (Fsp3) is 0.636. The maximum Gasteiger partial charge on any atom is 0.140 e. The molecule has 1 rings (SSSR count). The molecule has 2 nitrogen and oxygen atoms in total. The van der Waals surface area contributed by atoms with Crippen LogP contribution in [0.4, 0.5) is 0 Å². The fourth-order valence-electron chi connectivity index (χ4n) is 1.60. The molecule has 0 amide bonds. The third kappa shape index (κ3) is 3.40. The van der Waals surface area contributed by atoms with Gasteiger partial charge in [-0.2, -0.15) is 0 Å². The quantitative estimate of drug-likeness (QED) is 0.489. The predicted molar refractivity (Wildman–Crippen MR) is 62.4 cm³/mol. The molecule has 1 aliphatic carbocycles. The highest BCUT2D eigenvalue weighted by Crippen LogP contribution is 2.21. The molecule has 0 aromatic heterocycles. The van der Waals surface area contributed by atoms with Gasteiger partial charge in [-0.1, -0.05) is 23.8 Å². The summed E-state index contributed by atoms with van der Waals surface area (Å²) in [4.78, 5) is 0. The van der Waals surface area contributed by atoms with Crippen LogP contribution >= 0.6 is 0 Å². The summed E-state index contributed by atoms with van der Waals surface area (Å²) in [7, 11) is 4.38. The molecule has 0 unspecified atom stereocenters. The molecule has 0 bridgehead atoms. The van der Waals surface area contributed by atoms with Gasteiger partial charge < -0.3 is 9.47 Å². The summed E-state index contributed by atoms with van der Waals surface area (Å²) >= 11 is 0. The largest absolute Gasteiger partial charge is 0.358 e. The number of hydrogen-bond acceptors (Lipinski definition) is 2. The molecule has 3 heteroatoms. The zero-order chi connectivity index (χ0) is 10.4. The highest BCUT2D eigenvalue weighted by atomic mass is 28.1. The summed E-state index contributed by atoms with van der Waals surface area (Å²) in [5, 5.41) is 0. The first kappa shape index (κ1) is 11.7. The normalized spacial score (nSPS) is 16.3. The molecule has 0 saturated carbocycles. The van der Waals surface area contributed by atoms with E-state index >= 15 is 0 Å². The van der Waals surface area contributed by atoms with Crippen molar-refractivity contribution >= 4 is 10.2 Å². The van der Waals surface area contributed by atoms with Crippen molar-refractivity contribution in [2.24, 2.45) is 0 Å². The highest BCUT2D eigenvalue weighted by Gasteiger charge is 2.21. The van der Waals surface area contributed by atoms with Crippen molar-refractivity contribution in [1.29, 1.82) is 0 Å². The Balaban J connectivity index is 2.20. The van der Waals surface area contributed by atoms with Crippen LogP contribution in [0.25, 0.3) is 0 Å². The molecule has 0 aromatic carbocycles. The van der Waals surface area contributed by atoms with E-state index < -0.39 is 0 Å². The van der Waals surface area contributed by atoms with E-state index in [2.05, 4.69) is 18.2 Å². The second-order valence-electron chi connectivity index (χ2n) is 3.85. The fourth-order valence-corrected chi connectivity index (χ4v) is 1.95. The van der Waals surface area contributed by atoms with E-state index in [1.807, 2.05) is 0 Å². The second-order valence-corrected chi connectivity index (χ2v) is 5.38. The van der Waals surface area contributed by atoms with Crippen LogP contribution in [-0.4, -0.2) is 29.9 Å². The topological polar surface area (TPSA) is 18.5 Å². The van der Waals surface area contributed by atoms with Crippen molar-refractivity contribution in [3.63, 3.8) is 0 Å². The molecular formula is C11H20O2Si. The van der Waals surface area contributed by atoms with Crippen molar-refractivity contribution in [2.75, 3.05) is 14.2 Å². The van der Waals surface area contributed by atoms with Crippen molar-refractivity contribution in [2.45, 2.75) is 31.1 Å². The maximum absolute atomic E-state index is 5.36. The predicted octanol–water partition coefficient (Wildman–Crippen LogP) is 1.35. The van der Waals surface area contributed by atoms with Gasteiger partial charge in [-0.15, -0.1) is 0 Å². The molecule has 0 aromatic rings. The molecule has 0 radical (unpaired) electrons. The second kappa shape index (κ2) is 5.49. The minimum atomic E-state index is -0.271. The van der Waals surface area contributed by atoms with E-state index in [-0.39, 0.29) is 5.41 Å². The lowest BCUT2D eigenvalue weighted by Gasteiger charge is -2.26. The molecule has 0 saturated heterocycles. The molecule has 0 spiro atoms. The Morgan fingerprint density at radius 2 is 2.14 bits per heavy atom. The molecule has 14 heavy (non-hydrogen) atoms. The van der Waals surface area contributed by atoms with Gasteiger partial charge in [0.15, 0.2) is 0 Å². The standard InChI is InChI=1S/C11H20O2Si/c1-12-11(14,13-2)9-5-8-10-6-3-4-7-10/h3-4,6H,5,7-9H2,1-2,14H3. The Morgan fingerprint density at radius 1 is 1.43 bits per heavy atom. The third-order valence-electron chi connectivity index (χ3n) is 2.84. The van der Waals surface area contributed by atoms with Gasteiger partial charge in [0.2, 0.25) is 0 Å². The molecule has 0 atom stereocenters. The lowest BCUT2D eigenvalue weighted by molar-refractivity contribution is -0.146. The van der Waals surface area contributed by atoms with E-state index in [9.17, 15) is 0 Å². The van der Waals surface area contributed by atoms with Gasteiger partial charge in [0.05, 0.1) is 10.2 Å². The zero-order valence-electron chi connectivity index (χ0n) is 9.38. The number of rotatable bonds is 6. The first-order valence-electron chi connectivity index (χ1n) is 5.15. The molecule has 0 N–H and O–H groups in total. The molecule has 0 heterocycles. The highest BCUT2D eigenvalue weighted by molar-refractivity contribution is 6.13. The Morgan fingerprint density at radius 3 is 2.64 bits per heavy atom. The summed E-state index contributed by atoms with van der Waals surface area (Å²) in [5.41, 5.74) is 1.26. The Hall–Kier alpha value is -0.383. The van der Waals surface area contributed by atoms with E-state index in [4.69, 9.17) is 9.47 Å². The van der Waals surface area contributed by atoms with Crippen LogP contribution < -0.4 is 0 Å². The molecule has 1 aliphatic rings. The molecule has 0 fully saturated rings. The Bertz CT molecular complexity index is 229. The maximum atomic E-state index is 5.36. The van der Waals surface area contributed by atoms with Crippen LogP contribution in [0.2, 0.25) is 0 Å².